The Morgan fingerprint density at radius 2 is 1.87 bits per heavy atom. The number of benzene rings is 2. The third-order valence-corrected chi connectivity index (χ3v) is 5.22. The van der Waals surface area contributed by atoms with Crippen molar-refractivity contribution in [3.8, 4) is 11.4 Å². The molecule has 1 aromatic heterocycles. The highest BCUT2D eigenvalue weighted by Gasteiger charge is 2.20. The third kappa shape index (κ3) is 4.74. The molecule has 1 aliphatic rings. The first-order valence-corrected chi connectivity index (χ1v) is 10.5. The molecule has 0 spiro atoms. The van der Waals surface area contributed by atoms with Crippen molar-refractivity contribution in [2.45, 2.75) is 25.7 Å². The van der Waals surface area contributed by atoms with Crippen LogP contribution < -0.4 is 9.64 Å². The number of unbranched alkanes of at least 4 members (excludes halogenated alkanes) is 2. The summed E-state index contributed by atoms with van der Waals surface area (Å²) >= 11 is 0. The zero-order valence-corrected chi connectivity index (χ0v) is 17.0. The summed E-state index contributed by atoms with van der Waals surface area (Å²) in [7, 11) is 0. The van der Waals surface area contributed by atoms with Crippen molar-refractivity contribution in [1.82, 2.24) is 9.55 Å². The molecule has 2 aromatic carbocycles. The molecule has 1 aliphatic heterocycles. The number of hydrogen-bond acceptors (Lipinski definition) is 5. The second-order valence-corrected chi connectivity index (χ2v) is 7.39. The van der Waals surface area contributed by atoms with E-state index in [-0.39, 0.29) is 6.42 Å². The van der Waals surface area contributed by atoms with Crippen molar-refractivity contribution >= 4 is 23.0 Å². The van der Waals surface area contributed by atoms with E-state index >= 15 is 0 Å². The average molecular weight is 409 g/mol. The quantitative estimate of drug-likeness (QED) is 0.541. The summed E-state index contributed by atoms with van der Waals surface area (Å²) in [6, 6.07) is 16.2. The molecule has 30 heavy (non-hydrogen) atoms. The monoisotopic (exact) mass is 409 g/mol. The van der Waals surface area contributed by atoms with Gasteiger partial charge in [0.05, 0.1) is 30.9 Å². The zero-order valence-electron chi connectivity index (χ0n) is 17.0. The molecule has 0 bridgehead atoms. The van der Waals surface area contributed by atoms with Crippen molar-refractivity contribution in [3.63, 3.8) is 0 Å². The summed E-state index contributed by atoms with van der Waals surface area (Å²) in [5.41, 5.74) is 2.99. The molecule has 1 saturated heterocycles. The van der Waals surface area contributed by atoms with Crippen LogP contribution in [0.2, 0.25) is 0 Å². The van der Waals surface area contributed by atoms with Gasteiger partial charge in [-0.25, -0.2) is 4.98 Å². The van der Waals surface area contributed by atoms with Gasteiger partial charge < -0.3 is 19.5 Å². The molecule has 0 radical (unpaired) electrons. The van der Waals surface area contributed by atoms with Crippen LogP contribution in [0.15, 0.2) is 48.5 Å². The summed E-state index contributed by atoms with van der Waals surface area (Å²) in [6.45, 7) is 3.61. The molecule has 0 atom stereocenters. The number of carboxylic acids is 1. The Kier molecular flexibility index (Phi) is 6.49. The number of aromatic nitrogens is 2. The molecule has 1 N–H and O–H groups in total. The van der Waals surface area contributed by atoms with Crippen LogP contribution in [0.25, 0.3) is 16.7 Å². The van der Waals surface area contributed by atoms with Gasteiger partial charge >= 0.3 is 5.97 Å². The van der Waals surface area contributed by atoms with E-state index in [0.29, 0.717) is 26.2 Å². The number of morpholine rings is 1. The lowest BCUT2D eigenvalue weighted by atomic mass is 10.2. The summed E-state index contributed by atoms with van der Waals surface area (Å²) < 4.78 is 13.6. The fourth-order valence-electron chi connectivity index (χ4n) is 3.68. The predicted octanol–water partition coefficient (Wildman–Crippen LogP) is 3.89. The van der Waals surface area contributed by atoms with Gasteiger partial charge in [-0.1, -0.05) is 18.2 Å². The molecule has 2 heterocycles. The van der Waals surface area contributed by atoms with E-state index in [4.69, 9.17) is 19.6 Å². The maximum Gasteiger partial charge on any atom is 0.303 e. The van der Waals surface area contributed by atoms with Crippen LogP contribution in [0.1, 0.15) is 25.7 Å². The number of imidazole rings is 1. The Balaban J connectivity index is 1.56. The number of hydrogen-bond donors (Lipinski definition) is 1. The molecule has 0 aliphatic carbocycles. The maximum atomic E-state index is 10.6. The lowest BCUT2D eigenvalue weighted by Crippen LogP contribution is -2.37. The minimum absolute atomic E-state index is 0.215. The predicted molar refractivity (Wildman–Crippen MR) is 116 cm³/mol. The van der Waals surface area contributed by atoms with Gasteiger partial charge in [0.15, 0.2) is 0 Å². The number of rotatable bonds is 9. The van der Waals surface area contributed by atoms with Crippen LogP contribution in [0.5, 0.6) is 5.75 Å². The first-order valence-electron chi connectivity index (χ1n) is 10.5. The first-order chi connectivity index (χ1) is 14.7. The van der Waals surface area contributed by atoms with E-state index in [1.165, 1.54) is 0 Å². The standard InChI is InChI=1S/C23H27N3O4/c27-22(28)9-5-2-6-14-30-19-10-11-20-21(17-19)26(18-7-3-1-4-8-18)23(24-20)25-12-15-29-16-13-25/h1,3-4,7-8,10-11,17H,2,5-6,9,12-16H2,(H,27,28). The molecular formula is C23H27N3O4. The molecule has 7 nitrogen and oxygen atoms in total. The third-order valence-electron chi connectivity index (χ3n) is 5.22. The normalized spacial score (nSPS) is 14.2. The summed E-state index contributed by atoms with van der Waals surface area (Å²) in [5.74, 6) is 0.975. The van der Waals surface area contributed by atoms with Gasteiger partial charge in [-0.05, 0) is 43.5 Å². The molecule has 158 valence electrons. The van der Waals surface area contributed by atoms with Crippen molar-refractivity contribution in [2.24, 2.45) is 0 Å². The number of fused-ring (bicyclic) bond motifs is 1. The van der Waals surface area contributed by atoms with Gasteiger partial charge in [0.1, 0.15) is 5.75 Å². The highest BCUT2D eigenvalue weighted by Crippen LogP contribution is 2.30. The van der Waals surface area contributed by atoms with Crippen molar-refractivity contribution < 1.29 is 19.4 Å². The van der Waals surface area contributed by atoms with E-state index in [0.717, 1.165) is 54.3 Å². The smallest absolute Gasteiger partial charge is 0.303 e. The van der Waals surface area contributed by atoms with Crippen LogP contribution in [-0.4, -0.2) is 53.5 Å². The fraction of sp³-hybridized carbons (Fsp3) is 0.391. The number of anilines is 1. The van der Waals surface area contributed by atoms with E-state index < -0.39 is 5.97 Å². The molecule has 0 unspecified atom stereocenters. The Morgan fingerprint density at radius 3 is 2.63 bits per heavy atom. The fourth-order valence-corrected chi connectivity index (χ4v) is 3.68. The largest absolute Gasteiger partial charge is 0.494 e. The maximum absolute atomic E-state index is 10.6. The number of carboxylic acid groups (broad SMARTS) is 1. The number of para-hydroxylation sites is 1. The van der Waals surface area contributed by atoms with Crippen LogP contribution in [0.3, 0.4) is 0 Å². The second kappa shape index (κ2) is 9.63. The minimum Gasteiger partial charge on any atom is -0.494 e. The molecular weight excluding hydrogens is 382 g/mol. The first kappa shape index (κ1) is 20.2. The van der Waals surface area contributed by atoms with Crippen molar-refractivity contribution in [2.75, 3.05) is 37.8 Å². The van der Waals surface area contributed by atoms with Crippen LogP contribution in [0, 0.1) is 0 Å². The molecule has 4 rings (SSSR count). The van der Waals surface area contributed by atoms with Gasteiger partial charge in [0, 0.05) is 31.3 Å². The highest BCUT2D eigenvalue weighted by atomic mass is 16.5. The SMILES string of the molecule is O=C(O)CCCCCOc1ccc2nc(N3CCOCC3)n(-c3ccccc3)c2c1. The highest BCUT2D eigenvalue weighted by molar-refractivity contribution is 5.83. The summed E-state index contributed by atoms with van der Waals surface area (Å²) in [6.07, 6.45) is 2.58. The minimum atomic E-state index is -0.744. The number of ether oxygens (including phenoxy) is 2. The van der Waals surface area contributed by atoms with E-state index in [1.807, 2.05) is 36.4 Å². The number of aliphatic carboxylic acids is 1. The topological polar surface area (TPSA) is 76.8 Å². The van der Waals surface area contributed by atoms with Gasteiger partial charge in [-0.15, -0.1) is 0 Å². The molecule has 7 heteroatoms. The van der Waals surface area contributed by atoms with Crippen molar-refractivity contribution in [3.05, 3.63) is 48.5 Å². The van der Waals surface area contributed by atoms with Gasteiger partial charge in [-0.2, -0.15) is 0 Å². The average Bonchev–Trinajstić information content (AvgIpc) is 3.16. The van der Waals surface area contributed by atoms with E-state index in [1.54, 1.807) is 0 Å². The molecule has 3 aromatic rings. The Hall–Kier alpha value is -3.06. The van der Waals surface area contributed by atoms with Crippen LogP contribution in [0.4, 0.5) is 5.95 Å². The van der Waals surface area contributed by atoms with Gasteiger partial charge in [0.2, 0.25) is 5.95 Å². The number of nitrogens with zero attached hydrogens (tertiary/aromatic N) is 3. The van der Waals surface area contributed by atoms with Crippen LogP contribution in [-0.2, 0) is 9.53 Å². The lowest BCUT2D eigenvalue weighted by Gasteiger charge is -2.28. The second-order valence-electron chi connectivity index (χ2n) is 7.39. The Labute approximate surface area is 175 Å². The lowest BCUT2D eigenvalue weighted by molar-refractivity contribution is -0.137. The Bertz CT molecular complexity index is 981. The summed E-state index contributed by atoms with van der Waals surface area (Å²) in [4.78, 5) is 17.8. The van der Waals surface area contributed by atoms with Gasteiger partial charge in [-0.3, -0.25) is 9.36 Å². The molecule has 0 amide bonds. The van der Waals surface area contributed by atoms with Gasteiger partial charge in [0.25, 0.3) is 0 Å². The van der Waals surface area contributed by atoms with E-state index in [2.05, 4.69) is 21.6 Å². The van der Waals surface area contributed by atoms with E-state index in [9.17, 15) is 4.79 Å². The summed E-state index contributed by atoms with van der Waals surface area (Å²) in [5, 5.41) is 8.71. The Morgan fingerprint density at radius 1 is 1.07 bits per heavy atom. The molecule has 0 saturated carbocycles. The van der Waals surface area contributed by atoms with Crippen molar-refractivity contribution in [1.29, 1.82) is 0 Å². The molecule has 1 fully saturated rings. The van der Waals surface area contributed by atoms with Crippen LogP contribution >= 0.6 is 0 Å². The zero-order chi connectivity index (χ0) is 20.8. The number of carbonyl (C=O) groups is 1.